The molecule has 1 aromatic heterocycles. The highest BCUT2D eigenvalue weighted by Gasteiger charge is 2.44. The molecule has 0 saturated heterocycles. The van der Waals surface area contributed by atoms with Gasteiger partial charge in [-0.2, -0.15) is 0 Å². The lowest BCUT2D eigenvalue weighted by Gasteiger charge is -2.27. The highest BCUT2D eigenvalue weighted by molar-refractivity contribution is 6.31. The first-order chi connectivity index (χ1) is 17.1. The minimum absolute atomic E-state index is 0.178. The molecule has 0 aliphatic carbocycles. The number of anilines is 1. The maximum atomic E-state index is 13.8. The van der Waals surface area contributed by atoms with Gasteiger partial charge < -0.3 is 10.1 Å². The van der Waals surface area contributed by atoms with Crippen LogP contribution in [0.15, 0.2) is 89.2 Å². The van der Waals surface area contributed by atoms with Gasteiger partial charge in [0.15, 0.2) is 0 Å². The smallest absolute Gasteiger partial charge is 0.338 e. The zero-order chi connectivity index (χ0) is 24.4. The Morgan fingerprint density at radius 1 is 1.11 bits per heavy atom. The Morgan fingerprint density at radius 3 is 2.57 bits per heavy atom. The van der Waals surface area contributed by atoms with Crippen molar-refractivity contribution in [1.29, 1.82) is 0 Å². The molecule has 35 heavy (non-hydrogen) atoms. The Balaban J connectivity index is 1.63. The van der Waals surface area contributed by atoms with Crippen LogP contribution in [0, 0.1) is 0 Å². The van der Waals surface area contributed by atoms with Crippen molar-refractivity contribution in [3.05, 3.63) is 106 Å². The first-order valence-corrected chi connectivity index (χ1v) is 11.8. The molecule has 0 saturated carbocycles. The van der Waals surface area contributed by atoms with Gasteiger partial charge in [-0.05, 0) is 55.5 Å². The lowest BCUT2D eigenvalue weighted by molar-refractivity contribution is -0.115. The van der Waals surface area contributed by atoms with E-state index in [1.54, 1.807) is 42.3 Å². The van der Waals surface area contributed by atoms with Crippen LogP contribution >= 0.6 is 11.6 Å². The molecule has 8 heteroatoms. The summed E-state index contributed by atoms with van der Waals surface area (Å²) in [6.45, 7) is 3.12. The van der Waals surface area contributed by atoms with Gasteiger partial charge in [-0.1, -0.05) is 29.8 Å². The highest BCUT2D eigenvalue weighted by atomic mass is 35.5. The van der Waals surface area contributed by atoms with Gasteiger partial charge in [0.05, 0.1) is 30.1 Å². The molecule has 2 aliphatic rings. The third-order valence-corrected chi connectivity index (χ3v) is 6.17. The molecule has 1 N–H and O–H groups in total. The van der Waals surface area contributed by atoms with Crippen molar-refractivity contribution >= 4 is 34.9 Å². The Hall–Kier alpha value is -3.97. The number of benzene rings is 2. The summed E-state index contributed by atoms with van der Waals surface area (Å²) >= 11 is 6.13. The average Bonchev–Trinajstić information content (AvgIpc) is 3.02. The van der Waals surface area contributed by atoms with Gasteiger partial charge in [0.1, 0.15) is 11.7 Å². The van der Waals surface area contributed by atoms with Crippen LogP contribution in [0.25, 0.3) is 0 Å². The molecule has 176 valence electrons. The molecule has 2 aromatic carbocycles. The zero-order valence-corrected chi connectivity index (χ0v) is 19.8. The molecule has 1 atom stereocenters. The summed E-state index contributed by atoms with van der Waals surface area (Å²) in [4.78, 5) is 37.1. The minimum Gasteiger partial charge on any atom is -0.462 e. The molecule has 0 spiro atoms. The number of pyridine rings is 1. The van der Waals surface area contributed by atoms with Gasteiger partial charge >= 0.3 is 5.97 Å². The number of esters is 1. The fourth-order valence-corrected chi connectivity index (χ4v) is 4.51. The lowest BCUT2D eigenvalue weighted by atomic mass is 9.94. The molecule has 3 heterocycles. The molecule has 5 rings (SSSR count). The van der Waals surface area contributed by atoms with Crippen molar-refractivity contribution < 1.29 is 14.3 Å². The SMILES string of the molecule is CCOC(=O)c1ccc(N2C(=O)C3=C(C(c4ccc(Cl)cc4)=NCCN3)C2c2ccccn2)cc1. The van der Waals surface area contributed by atoms with Gasteiger partial charge in [-0.25, -0.2) is 4.79 Å². The van der Waals surface area contributed by atoms with Gasteiger partial charge in [-0.3, -0.25) is 19.7 Å². The standard InChI is InChI=1S/C27H23ClN4O3/c1-2-35-27(34)18-8-12-20(13-9-18)32-25(21-5-3-4-14-29-21)22-23(17-6-10-19(28)11-7-17)30-15-16-31-24(22)26(32)33/h3-14,25,31H,2,15-16H2,1H3. The Bertz CT molecular complexity index is 1320. The number of hydrogen-bond donors (Lipinski definition) is 1. The normalized spacial score (nSPS) is 17.4. The maximum absolute atomic E-state index is 13.8. The molecule has 2 aliphatic heterocycles. The second-order valence-corrected chi connectivity index (χ2v) is 8.49. The summed E-state index contributed by atoms with van der Waals surface area (Å²) in [5.74, 6) is -0.580. The summed E-state index contributed by atoms with van der Waals surface area (Å²) in [5, 5.41) is 3.92. The zero-order valence-electron chi connectivity index (χ0n) is 19.1. The number of carbonyl (C=O) groups excluding carboxylic acids is 2. The van der Waals surface area contributed by atoms with Crippen molar-refractivity contribution in [1.82, 2.24) is 10.3 Å². The van der Waals surface area contributed by atoms with Crippen LogP contribution in [-0.4, -0.2) is 42.3 Å². The van der Waals surface area contributed by atoms with Gasteiger partial charge in [-0.15, -0.1) is 0 Å². The number of halogens is 1. The van der Waals surface area contributed by atoms with E-state index in [0.717, 1.165) is 16.8 Å². The third kappa shape index (κ3) is 4.31. The largest absolute Gasteiger partial charge is 0.462 e. The summed E-state index contributed by atoms with van der Waals surface area (Å²) in [5.41, 5.74) is 4.65. The number of carbonyl (C=O) groups is 2. The summed E-state index contributed by atoms with van der Waals surface area (Å²) in [7, 11) is 0. The molecule has 0 bridgehead atoms. The van der Waals surface area contributed by atoms with Crippen LogP contribution in [-0.2, 0) is 9.53 Å². The number of ether oxygens (including phenoxy) is 1. The maximum Gasteiger partial charge on any atom is 0.338 e. The number of nitrogens with zero attached hydrogens (tertiary/aromatic N) is 3. The van der Waals surface area contributed by atoms with E-state index in [-0.39, 0.29) is 5.91 Å². The quantitative estimate of drug-likeness (QED) is 0.542. The van der Waals surface area contributed by atoms with E-state index < -0.39 is 12.0 Å². The van der Waals surface area contributed by atoms with Crippen molar-refractivity contribution in [3.63, 3.8) is 0 Å². The molecular weight excluding hydrogens is 464 g/mol. The fourth-order valence-electron chi connectivity index (χ4n) is 4.38. The van der Waals surface area contributed by atoms with E-state index in [2.05, 4.69) is 10.3 Å². The van der Waals surface area contributed by atoms with Crippen molar-refractivity contribution in [2.75, 3.05) is 24.6 Å². The first-order valence-electron chi connectivity index (χ1n) is 11.4. The van der Waals surface area contributed by atoms with Crippen molar-refractivity contribution in [3.8, 4) is 0 Å². The summed E-state index contributed by atoms with van der Waals surface area (Å²) in [6, 6.07) is 19.4. The van der Waals surface area contributed by atoms with Crippen LogP contribution in [0.2, 0.25) is 5.02 Å². The highest BCUT2D eigenvalue weighted by Crippen LogP contribution is 2.42. The van der Waals surface area contributed by atoms with Gasteiger partial charge in [0.25, 0.3) is 5.91 Å². The Morgan fingerprint density at radius 2 is 1.89 bits per heavy atom. The van der Waals surface area contributed by atoms with E-state index in [1.165, 1.54) is 0 Å². The molecular formula is C27H23ClN4O3. The number of rotatable bonds is 5. The first kappa shape index (κ1) is 22.8. The van der Waals surface area contributed by atoms with E-state index >= 15 is 0 Å². The van der Waals surface area contributed by atoms with E-state index in [9.17, 15) is 9.59 Å². The number of aromatic nitrogens is 1. The van der Waals surface area contributed by atoms with Gasteiger partial charge in [0, 0.05) is 34.6 Å². The van der Waals surface area contributed by atoms with Crippen LogP contribution in [0.3, 0.4) is 0 Å². The summed E-state index contributed by atoms with van der Waals surface area (Å²) in [6.07, 6.45) is 1.71. The predicted molar refractivity (Wildman–Crippen MR) is 135 cm³/mol. The fraction of sp³-hybridized carbons (Fsp3) is 0.185. The number of amides is 1. The third-order valence-electron chi connectivity index (χ3n) is 5.91. The van der Waals surface area contributed by atoms with Crippen LogP contribution < -0.4 is 10.2 Å². The number of hydrogen-bond acceptors (Lipinski definition) is 6. The van der Waals surface area contributed by atoms with E-state index in [0.29, 0.717) is 47.4 Å². The second kappa shape index (κ2) is 9.72. The molecule has 7 nitrogen and oxygen atoms in total. The topological polar surface area (TPSA) is 83.9 Å². The van der Waals surface area contributed by atoms with E-state index in [1.807, 2.05) is 42.5 Å². The summed E-state index contributed by atoms with van der Waals surface area (Å²) < 4.78 is 5.09. The predicted octanol–water partition coefficient (Wildman–Crippen LogP) is 4.35. The van der Waals surface area contributed by atoms with Crippen LogP contribution in [0.5, 0.6) is 0 Å². The van der Waals surface area contributed by atoms with Crippen LogP contribution in [0.1, 0.15) is 34.6 Å². The average molecular weight is 487 g/mol. The molecule has 0 radical (unpaired) electrons. The Kier molecular flexibility index (Phi) is 6.33. The van der Waals surface area contributed by atoms with E-state index in [4.69, 9.17) is 21.3 Å². The van der Waals surface area contributed by atoms with Gasteiger partial charge in [0.2, 0.25) is 0 Å². The van der Waals surface area contributed by atoms with Crippen molar-refractivity contribution in [2.24, 2.45) is 4.99 Å². The minimum atomic E-state index is -0.507. The number of aliphatic imine (C=N–C) groups is 1. The monoisotopic (exact) mass is 486 g/mol. The lowest BCUT2D eigenvalue weighted by Crippen LogP contribution is -2.34. The number of nitrogens with one attached hydrogen (secondary N) is 1. The second-order valence-electron chi connectivity index (χ2n) is 8.05. The van der Waals surface area contributed by atoms with Crippen LogP contribution in [0.4, 0.5) is 5.69 Å². The van der Waals surface area contributed by atoms with Crippen molar-refractivity contribution in [2.45, 2.75) is 13.0 Å². The molecule has 3 aromatic rings. The molecule has 1 unspecified atom stereocenters. The molecule has 1 amide bonds. The Labute approximate surface area is 208 Å². The molecule has 0 fully saturated rings.